The zero-order valence-corrected chi connectivity index (χ0v) is 19.1. The number of nitrogens with one attached hydrogen (secondary N) is 3. The Labute approximate surface area is 184 Å². The summed E-state index contributed by atoms with van der Waals surface area (Å²) >= 11 is 6.11. The van der Waals surface area contributed by atoms with Crippen molar-refractivity contribution in [1.29, 1.82) is 0 Å². The van der Waals surface area contributed by atoms with Gasteiger partial charge in [0.25, 0.3) is 5.91 Å². The maximum absolute atomic E-state index is 12.9. The van der Waals surface area contributed by atoms with E-state index in [4.69, 9.17) is 16.3 Å². The van der Waals surface area contributed by atoms with Crippen LogP contribution in [0.1, 0.15) is 22.0 Å². The summed E-state index contributed by atoms with van der Waals surface area (Å²) in [4.78, 5) is 18.1. The predicted molar refractivity (Wildman–Crippen MR) is 121 cm³/mol. The number of carbonyl (C=O) groups excluding carboxylic acids is 1. The average Bonchev–Trinajstić information content (AvgIpc) is 2.75. The van der Waals surface area contributed by atoms with E-state index in [2.05, 4.69) is 41.5 Å². The Morgan fingerprint density at radius 3 is 2.40 bits per heavy atom. The fraction of sp³-hybridized carbons (Fsp3) is 0.435. The number of quaternary nitrogens is 2. The smallest absolute Gasteiger partial charge is 0.255 e. The first-order valence-corrected chi connectivity index (χ1v) is 10.8. The van der Waals surface area contributed by atoms with Gasteiger partial charge in [-0.2, -0.15) is 0 Å². The molecule has 1 aliphatic rings. The summed E-state index contributed by atoms with van der Waals surface area (Å²) in [5, 5.41) is 3.65. The van der Waals surface area contributed by atoms with Gasteiger partial charge in [0.2, 0.25) is 0 Å². The van der Waals surface area contributed by atoms with Gasteiger partial charge >= 0.3 is 0 Å². The first-order valence-electron chi connectivity index (χ1n) is 10.4. The lowest BCUT2D eigenvalue weighted by molar-refractivity contribution is -1.02. The van der Waals surface area contributed by atoms with Crippen molar-refractivity contribution in [3.8, 4) is 5.75 Å². The van der Waals surface area contributed by atoms with Crippen molar-refractivity contribution in [3.63, 3.8) is 0 Å². The van der Waals surface area contributed by atoms with Crippen molar-refractivity contribution in [2.45, 2.75) is 6.04 Å². The number of ether oxygens (including phenoxy) is 1. The Kier molecular flexibility index (Phi) is 7.58. The lowest BCUT2D eigenvalue weighted by Gasteiger charge is -2.33. The summed E-state index contributed by atoms with van der Waals surface area (Å²) in [6, 6.07) is 14.0. The van der Waals surface area contributed by atoms with Crippen LogP contribution < -0.4 is 24.8 Å². The number of methoxy groups -OCH3 is 1. The molecule has 1 aliphatic heterocycles. The van der Waals surface area contributed by atoms with E-state index in [0.717, 1.165) is 26.2 Å². The molecule has 162 valence electrons. The fourth-order valence-electron chi connectivity index (χ4n) is 4.00. The Morgan fingerprint density at radius 1 is 1.13 bits per heavy atom. The van der Waals surface area contributed by atoms with Crippen LogP contribution in [-0.2, 0) is 0 Å². The molecule has 0 aromatic heterocycles. The third-order valence-electron chi connectivity index (χ3n) is 5.92. The molecular formula is C23H33ClN4O2+2. The average molecular weight is 433 g/mol. The third kappa shape index (κ3) is 5.45. The Morgan fingerprint density at radius 2 is 1.80 bits per heavy atom. The Balaban J connectivity index is 1.78. The van der Waals surface area contributed by atoms with Gasteiger partial charge in [-0.3, -0.25) is 4.79 Å². The second kappa shape index (κ2) is 10.2. The fourth-order valence-corrected chi connectivity index (χ4v) is 4.17. The maximum Gasteiger partial charge on any atom is 0.255 e. The SMILES string of the molecule is COc1ccc(Cl)cc1C(=O)NC[C@H](c1ccc(N(C)C)cc1)[NH+]1CC[NH+](C)CC1. The molecule has 0 radical (unpaired) electrons. The molecule has 30 heavy (non-hydrogen) atoms. The highest BCUT2D eigenvalue weighted by Gasteiger charge is 2.30. The van der Waals surface area contributed by atoms with Crippen LogP contribution in [0, 0.1) is 0 Å². The molecule has 3 rings (SSSR count). The van der Waals surface area contributed by atoms with E-state index in [1.54, 1.807) is 30.2 Å². The van der Waals surface area contributed by atoms with Crippen LogP contribution in [0.2, 0.25) is 5.02 Å². The molecule has 0 spiro atoms. The van der Waals surface area contributed by atoms with Crippen molar-refractivity contribution in [3.05, 3.63) is 58.6 Å². The summed E-state index contributed by atoms with van der Waals surface area (Å²) in [5.74, 6) is 0.364. The van der Waals surface area contributed by atoms with Crippen molar-refractivity contribution in [2.75, 3.05) is 65.9 Å². The molecule has 1 amide bonds. The van der Waals surface area contributed by atoms with Crippen molar-refractivity contribution >= 4 is 23.2 Å². The number of benzene rings is 2. The molecule has 0 unspecified atom stereocenters. The number of nitrogens with zero attached hydrogens (tertiary/aromatic N) is 1. The monoisotopic (exact) mass is 432 g/mol. The van der Waals surface area contributed by atoms with Crippen molar-refractivity contribution in [1.82, 2.24) is 5.32 Å². The zero-order chi connectivity index (χ0) is 21.7. The maximum atomic E-state index is 12.9. The van der Waals surface area contributed by atoms with E-state index < -0.39 is 0 Å². The number of amides is 1. The highest BCUT2D eigenvalue weighted by Crippen LogP contribution is 2.23. The number of anilines is 1. The molecule has 0 bridgehead atoms. The van der Waals surface area contributed by atoms with Gasteiger partial charge in [-0.15, -0.1) is 0 Å². The second-order valence-electron chi connectivity index (χ2n) is 8.21. The Hall–Kier alpha value is -2.28. The lowest BCUT2D eigenvalue weighted by atomic mass is 10.0. The molecule has 1 fully saturated rings. The molecule has 1 atom stereocenters. The highest BCUT2D eigenvalue weighted by molar-refractivity contribution is 6.31. The van der Waals surface area contributed by atoms with Crippen LogP contribution in [0.5, 0.6) is 5.75 Å². The van der Waals surface area contributed by atoms with Gasteiger partial charge in [0.15, 0.2) is 0 Å². The molecule has 3 N–H and O–H groups in total. The Bertz CT molecular complexity index is 849. The normalized spacial score (nSPS) is 19.8. The number of rotatable bonds is 7. The summed E-state index contributed by atoms with van der Waals surface area (Å²) in [6.07, 6.45) is 0. The lowest BCUT2D eigenvalue weighted by Crippen LogP contribution is -3.27. The highest BCUT2D eigenvalue weighted by atomic mass is 35.5. The van der Waals surface area contributed by atoms with Gasteiger partial charge in [0, 0.05) is 30.4 Å². The number of hydrogen-bond donors (Lipinski definition) is 3. The molecule has 6 nitrogen and oxygen atoms in total. The number of halogens is 1. The van der Waals surface area contributed by atoms with E-state index in [9.17, 15) is 4.79 Å². The standard InChI is InChI=1S/C23H31ClN4O2/c1-26(2)19-8-5-17(6-9-19)21(28-13-11-27(3)12-14-28)16-25-23(29)20-15-18(24)7-10-22(20)30-4/h5-10,15,21H,11-14,16H2,1-4H3,(H,25,29)/p+2/t21-/m1/s1. The summed E-state index contributed by atoms with van der Waals surface area (Å²) in [6.45, 7) is 5.00. The molecular weight excluding hydrogens is 400 g/mol. The van der Waals surface area contributed by atoms with Crippen LogP contribution in [0.3, 0.4) is 0 Å². The molecule has 1 saturated heterocycles. The number of likely N-dealkylation sites (N-methyl/N-ethyl adjacent to an activating group) is 1. The van der Waals surface area contributed by atoms with Gasteiger partial charge in [-0.1, -0.05) is 23.7 Å². The zero-order valence-electron chi connectivity index (χ0n) is 18.3. The van der Waals surface area contributed by atoms with Crippen LogP contribution >= 0.6 is 11.6 Å². The third-order valence-corrected chi connectivity index (χ3v) is 6.16. The topological polar surface area (TPSA) is 50.4 Å². The molecule has 2 aromatic rings. The first-order chi connectivity index (χ1) is 14.4. The number of hydrogen-bond acceptors (Lipinski definition) is 3. The van der Waals surface area contributed by atoms with Crippen LogP contribution in [0.4, 0.5) is 5.69 Å². The van der Waals surface area contributed by atoms with Gasteiger partial charge < -0.3 is 24.8 Å². The minimum Gasteiger partial charge on any atom is -0.496 e. The van der Waals surface area contributed by atoms with Crippen molar-refractivity contribution in [2.24, 2.45) is 0 Å². The minimum atomic E-state index is -0.164. The molecule has 7 heteroatoms. The largest absolute Gasteiger partial charge is 0.496 e. The van der Waals surface area contributed by atoms with Gasteiger partial charge in [0.1, 0.15) is 38.0 Å². The molecule has 0 aliphatic carbocycles. The molecule has 1 heterocycles. The van der Waals surface area contributed by atoms with E-state index >= 15 is 0 Å². The van der Waals surface area contributed by atoms with Gasteiger partial charge in [-0.25, -0.2) is 0 Å². The van der Waals surface area contributed by atoms with Crippen LogP contribution in [0.15, 0.2) is 42.5 Å². The summed E-state index contributed by atoms with van der Waals surface area (Å²) in [7, 11) is 7.88. The number of carbonyl (C=O) groups is 1. The predicted octanol–water partition coefficient (Wildman–Crippen LogP) is 0.299. The van der Waals surface area contributed by atoms with Crippen LogP contribution in [-0.4, -0.2) is 66.9 Å². The van der Waals surface area contributed by atoms with Crippen LogP contribution in [0.25, 0.3) is 0 Å². The van der Waals surface area contributed by atoms with E-state index in [1.807, 2.05) is 14.1 Å². The number of piperazine rings is 1. The van der Waals surface area contributed by atoms with E-state index in [0.29, 0.717) is 22.9 Å². The summed E-state index contributed by atoms with van der Waals surface area (Å²) in [5.41, 5.74) is 2.88. The van der Waals surface area contributed by atoms with Gasteiger partial charge in [0.05, 0.1) is 26.3 Å². The minimum absolute atomic E-state index is 0.164. The quantitative estimate of drug-likeness (QED) is 0.590. The van der Waals surface area contributed by atoms with E-state index in [-0.39, 0.29) is 11.9 Å². The first kappa shape index (κ1) is 22.4. The van der Waals surface area contributed by atoms with Crippen molar-refractivity contribution < 1.29 is 19.3 Å². The molecule has 2 aromatic carbocycles. The van der Waals surface area contributed by atoms with E-state index in [1.165, 1.54) is 16.2 Å². The summed E-state index contributed by atoms with van der Waals surface area (Å²) < 4.78 is 5.34. The second-order valence-corrected chi connectivity index (χ2v) is 8.64. The molecule has 0 saturated carbocycles. The van der Waals surface area contributed by atoms with Gasteiger partial charge in [-0.05, 0) is 30.3 Å².